The Morgan fingerprint density at radius 3 is 2.80 bits per heavy atom. The fourth-order valence-corrected chi connectivity index (χ4v) is 2.13. The molecule has 1 aliphatic rings. The highest BCUT2D eigenvalue weighted by Crippen LogP contribution is 2.38. The van der Waals surface area contributed by atoms with Gasteiger partial charge in [-0.15, -0.1) is 6.58 Å². The molecule has 0 saturated carbocycles. The molecule has 0 aromatic heterocycles. The number of carbonyl (C=O) groups excluding carboxylic acids is 1. The van der Waals surface area contributed by atoms with E-state index >= 15 is 0 Å². The van der Waals surface area contributed by atoms with E-state index in [2.05, 4.69) is 6.58 Å². The van der Waals surface area contributed by atoms with E-state index in [1.54, 1.807) is 6.08 Å². The number of hydrogen-bond donors (Lipinski definition) is 0. The van der Waals surface area contributed by atoms with Crippen molar-refractivity contribution in [3.8, 4) is 5.75 Å². The molecule has 0 N–H and O–H groups in total. The van der Waals surface area contributed by atoms with Crippen LogP contribution < -0.4 is 9.64 Å². The van der Waals surface area contributed by atoms with Crippen molar-refractivity contribution < 1.29 is 14.5 Å². The molecule has 1 aliphatic heterocycles. The van der Waals surface area contributed by atoms with E-state index in [4.69, 9.17) is 4.74 Å². The molecule has 6 nitrogen and oxygen atoms in total. The molecule has 20 heavy (non-hydrogen) atoms. The summed E-state index contributed by atoms with van der Waals surface area (Å²) in [4.78, 5) is 24.2. The molecule has 1 amide bonds. The predicted octanol–water partition coefficient (Wildman–Crippen LogP) is 2.53. The molecule has 106 valence electrons. The summed E-state index contributed by atoms with van der Waals surface area (Å²) in [5.74, 6) is 0.293. The largest absolute Gasteiger partial charge is 0.478 e. The van der Waals surface area contributed by atoms with E-state index in [1.165, 1.54) is 23.1 Å². The molecule has 1 heterocycles. The Morgan fingerprint density at radius 2 is 2.25 bits per heavy atom. The number of non-ortho nitro benzene ring substituents is 1. The molecule has 0 spiro atoms. The number of rotatable bonds is 4. The lowest BCUT2D eigenvalue weighted by Crippen LogP contribution is -2.48. The number of fused-ring (bicyclic) bond motifs is 1. The van der Waals surface area contributed by atoms with Gasteiger partial charge in [0.15, 0.2) is 6.10 Å². The topological polar surface area (TPSA) is 72.7 Å². The van der Waals surface area contributed by atoms with Crippen LogP contribution in [0.3, 0.4) is 0 Å². The van der Waals surface area contributed by atoms with Gasteiger partial charge in [0.25, 0.3) is 11.6 Å². The predicted molar refractivity (Wildman–Crippen MR) is 74.9 cm³/mol. The van der Waals surface area contributed by atoms with Crippen LogP contribution in [-0.4, -0.2) is 23.5 Å². The SMILES string of the molecule is C=CCN1C(=O)C(C(C)C)Oc2ccc([N+](=O)[O-])cc21. The standard InChI is InChI=1S/C14H16N2O4/c1-4-7-15-11-8-10(16(18)19)5-6-12(11)20-13(9(2)3)14(15)17/h4-6,8-9,13H,1,7H2,2-3H3. The maximum Gasteiger partial charge on any atom is 0.271 e. The van der Waals surface area contributed by atoms with Crippen LogP contribution in [0.25, 0.3) is 0 Å². The van der Waals surface area contributed by atoms with Crippen LogP contribution in [0.15, 0.2) is 30.9 Å². The molecule has 0 radical (unpaired) electrons. The van der Waals surface area contributed by atoms with Crippen LogP contribution >= 0.6 is 0 Å². The maximum absolute atomic E-state index is 12.4. The first-order valence-electron chi connectivity index (χ1n) is 6.33. The van der Waals surface area contributed by atoms with Gasteiger partial charge in [0.1, 0.15) is 5.75 Å². The average molecular weight is 276 g/mol. The number of benzene rings is 1. The van der Waals surface area contributed by atoms with Crippen molar-refractivity contribution in [2.45, 2.75) is 20.0 Å². The fourth-order valence-electron chi connectivity index (χ4n) is 2.13. The van der Waals surface area contributed by atoms with Crippen LogP contribution in [0.2, 0.25) is 0 Å². The van der Waals surface area contributed by atoms with Crippen molar-refractivity contribution in [2.75, 3.05) is 11.4 Å². The van der Waals surface area contributed by atoms with Gasteiger partial charge in [-0.1, -0.05) is 19.9 Å². The first-order chi connectivity index (χ1) is 9.45. The first-order valence-corrected chi connectivity index (χ1v) is 6.33. The van der Waals surface area contributed by atoms with Gasteiger partial charge in [-0.3, -0.25) is 14.9 Å². The van der Waals surface area contributed by atoms with Gasteiger partial charge in [-0.05, 0) is 12.0 Å². The van der Waals surface area contributed by atoms with Gasteiger partial charge in [-0.2, -0.15) is 0 Å². The van der Waals surface area contributed by atoms with E-state index in [9.17, 15) is 14.9 Å². The van der Waals surface area contributed by atoms with Gasteiger partial charge in [-0.25, -0.2) is 0 Å². The first kappa shape index (κ1) is 14.0. The highest BCUT2D eigenvalue weighted by molar-refractivity contribution is 6.00. The molecule has 6 heteroatoms. The zero-order chi connectivity index (χ0) is 14.9. The smallest absolute Gasteiger partial charge is 0.271 e. The molecule has 1 unspecified atom stereocenters. The Hall–Kier alpha value is -2.37. The minimum absolute atomic E-state index is 0.0122. The number of nitrogens with zero attached hydrogens (tertiary/aromatic N) is 2. The van der Waals surface area contributed by atoms with Crippen LogP contribution in [0.5, 0.6) is 5.75 Å². The third-order valence-corrected chi connectivity index (χ3v) is 3.12. The normalized spacial score (nSPS) is 17.6. The molecule has 1 aromatic rings. The maximum atomic E-state index is 12.4. The minimum Gasteiger partial charge on any atom is -0.478 e. The summed E-state index contributed by atoms with van der Waals surface area (Å²) in [5, 5.41) is 10.8. The summed E-state index contributed by atoms with van der Waals surface area (Å²) in [6.45, 7) is 7.70. The minimum atomic E-state index is -0.580. The molecular weight excluding hydrogens is 260 g/mol. The third-order valence-electron chi connectivity index (χ3n) is 3.12. The van der Waals surface area contributed by atoms with Gasteiger partial charge in [0.05, 0.1) is 10.6 Å². The molecule has 0 fully saturated rings. The number of amides is 1. The average Bonchev–Trinajstić information content (AvgIpc) is 2.40. The van der Waals surface area contributed by atoms with Crippen molar-refractivity contribution in [3.05, 3.63) is 41.0 Å². The van der Waals surface area contributed by atoms with Gasteiger partial charge in [0, 0.05) is 18.7 Å². The summed E-state index contributed by atoms with van der Waals surface area (Å²) >= 11 is 0. The lowest BCUT2D eigenvalue weighted by Gasteiger charge is -2.35. The summed E-state index contributed by atoms with van der Waals surface area (Å²) in [7, 11) is 0. The molecule has 2 rings (SSSR count). The highest BCUT2D eigenvalue weighted by atomic mass is 16.6. The van der Waals surface area contributed by atoms with Gasteiger partial charge in [0.2, 0.25) is 0 Å². The van der Waals surface area contributed by atoms with Gasteiger partial charge >= 0.3 is 0 Å². The third kappa shape index (κ3) is 2.36. The number of anilines is 1. The van der Waals surface area contributed by atoms with Crippen LogP contribution in [0.4, 0.5) is 11.4 Å². The lowest BCUT2D eigenvalue weighted by atomic mass is 10.0. The number of ether oxygens (including phenoxy) is 1. The zero-order valence-electron chi connectivity index (χ0n) is 11.4. The van der Waals surface area contributed by atoms with E-state index < -0.39 is 11.0 Å². The fraction of sp³-hybridized carbons (Fsp3) is 0.357. The van der Waals surface area contributed by atoms with Crippen molar-refractivity contribution in [1.29, 1.82) is 0 Å². The summed E-state index contributed by atoms with van der Waals surface area (Å²) < 4.78 is 5.67. The van der Waals surface area contributed by atoms with Crippen molar-refractivity contribution in [3.63, 3.8) is 0 Å². The monoisotopic (exact) mass is 276 g/mol. The van der Waals surface area contributed by atoms with Crippen LogP contribution in [0, 0.1) is 16.0 Å². The zero-order valence-corrected chi connectivity index (χ0v) is 11.4. The lowest BCUT2D eigenvalue weighted by molar-refractivity contribution is -0.384. The molecule has 1 aromatic carbocycles. The highest BCUT2D eigenvalue weighted by Gasteiger charge is 2.36. The van der Waals surface area contributed by atoms with Crippen molar-refractivity contribution in [2.24, 2.45) is 5.92 Å². The van der Waals surface area contributed by atoms with E-state index in [1.807, 2.05) is 13.8 Å². The second kappa shape index (κ2) is 5.32. The van der Waals surface area contributed by atoms with Crippen LogP contribution in [-0.2, 0) is 4.79 Å². The van der Waals surface area contributed by atoms with Crippen molar-refractivity contribution in [1.82, 2.24) is 0 Å². The van der Waals surface area contributed by atoms with E-state index in [0.29, 0.717) is 18.0 Å². The van der Waals surface area contributed by atoms with E-state index in [0.717, 1.165) is 0 Å². The van der Waals surface area contributed by atoms with Gasteiger partial charge < -0.3 is 9.64 Å². The summed E-state index contributed by atoms with van der Waals surface area (Å²) in [6, 6.07) is 4.26. The Kier molecular flexibility index (Phi) is 3.74. The Bertz CT molecular complexity index is 568. The Morgan fingerprint density at radius 1 is 1.55 bits per heavy atom. The summed E-state index contributed by atoms with van der Waals surface area (Å²) in [5.41, 5.74) is 0.346. The molecular formula is C14H16N2O4. The summed E-state index contributed by atoms with van der Waals surface area (Å²) in [6.07, 6.45) is 1.01. The number of nitro benzene ring substituents is 1. The molecule has 0 aliphatic carbocycles. The molecule has 1 atom stereocenters. The second-order valence-electron chi connectivity index (χ2n) is 4.93. The quantitative estimate of drug-likeness (QED) is 0.481. The second-order valence-corrected chi connectivity index (χ2v) is 4.93. The van der Waals surface area contributed by atoms with Crippen molar-refractivity contribution >= 4 is 17.3 Å². The Balaban J connectivity index is 2.50. The number of carbonyl (C=O) groups is 1. The van der Waals surface area contributed by atoms with E-state index in [-0.39, 0.29) is 17.5 Å². The Labute approximate surface area is 116 Å². The number of nitro groups is 1. The van der Waals surface area contributed by atoms with Crippen LogP contribution in [0.1, 0.15) is 13.8 Å². The molecule has 0 bridgehead atoms. The number of hydrogen-bond acceptors (Lipinski definition) is 4. The molecule has 0 saturated heterocycles.